The van der Waals surface area contributed by atoms with E-state index in [0.29, 0.717) is 29.1 Å². The van der Waals surface area contributed by atoms with Crippen molar-refractivity contribution in [2.75, 3.05) is 32.2 Å². The number of halogens is 1. The van der Waals surface area contributed by atoms with E-state index in [1.54, 1.807) is 30.3 Å². The molecule has 3 aromatic rings. The summed E-state index contributed by atoms with van der Waals surface area (Å²) in [6.07, 6.45) is 1.06. The van der Waals surface area contributed by atoms with E-state index in [1.807, 2.05) is 0 Å². The van der Waals surface area contributed by atoms with Crippen molar-refractivity contribution >= 4 is 16.7 Å². The molecule has 2 fully saturated rings. The zero-order valence-corrected chi connectivity index (χ0v) is 16.2. The molecule has 2 aliphatic rings. The Morgan fingerprint density at radius 1 is 1.14 bits per heavy atom. The van der Waals surface area contributed by atoms with Crippen molar-refractivity contribution in [1.29, 1.82) is 0 Å². The quantitative estimate of drug-likeness (QED) is 0.684. The molecule has 0 aliphatic carbocycles. The Kier molecular flexibility index (Phi) is 4.20. The molecule has 2 aromatic carbocycles. The molecule has 3 heterocycles. The van der Waals surface area contributed by atoms with Gasteiger partial charge in [-0.2, -0.15) is 0 Å². The van der Waals surface area contributed by atoms with Crippen molar-refractivity contribution < 1.29 is 18.3 Å². The number of methoxy groups -OCH3 is 2. The lowest BCUT2D eigenvalue weighted by atomic mass is 10.0. The molecular formula is C22H21FN2O4. The van der Waals surface area contributed by atoms with E-state index in [9.17, 15) is 9.18 Å². The Bertz CT molecular complexity index is 1160. The van der Waals surface area contributed by atoms with Crippen molar-refractivity contribution in [2.24, 2.45) is 0 Å². The molecule has 1 aromatic heterocycles. The molecule has 2 aliphatic heterocycles. The smallest absolute Gasteiger partial charge is 0.344 e. The van der Waals surface area contributed by atoms with Crippen LogP contribution in [0.2, 0.25) is 0 Å². The molecule has 6 nitrogen and oxygen atoms in total. The maximum atomic E-state index is 15.0. The largest absolute Gasteiger partial charge is 0.493 e. The first-order chi connectivity index (χ1) is 14.1. The number of hydrogen-bond donors (Lipinski definition) is 1. The van der Waals surface area contributed by atoms with Gasteiger partial charge in [0.25, 0.3) is 0 Å². The lowest BCUT2D eigenvalue weighted by Crippen LogP contribution is -2.43. The second-order valence-corrected chi connectivity index (χ2v) is 7.50. The molecule has 2 saturated heterocycles. The first-order valence-electron chi connectivity index (χ1n) is 9.57. The summed E-state index contributed by atoms with van der Waals surface area (Å²) in [7, 11) is 3.06. The molecule has 0 saturated carbocycles. The minimum atomic E-state index is -0.522. The van der Waals surface area contributed by atoms with Gasteiger partial charge in [0.05, 0.1) is 25.2 Å². The van der Waals surface area contributed by atoms with Crippen LogP contribution < -0.4 is 25.3 Å². The van der Waals surface area contributed by atoms with E-state index in [-0.39, 0.29) is 16.5 Å². The third kappa shape index (κ3) is 2.93. The maximum Gasteiger partial charge on any atom is 0.344 e. The maximum absolute atomic E-state index is 15.0. The fourth-order valence-corrected chi connectivity index (χ4v) is 4.41. The van der Waals surface area contributed by atoms with E-state index in [2.05, 4.69) is 10.2 Å². The Balaban J connectivity index is 1.59. The molecule has 0 spiro atoms. The van der Waals surface area contributed by atoms with E-state index < -0.39 is 11.4 Å². The van der Waals surface area contributed by atoms with Crippen molar-refractivity contribution in [3.8, 4) is 22.6 Å². The van der Waals surface area contributed by atoms with Crippen LogP contribution in [0.1, 0.15) is 6.42 Å². The van der Waals surface area contributed by atoms with Gasteiger partial charge in [-0.1, -0.05) is 6.07 Å². The predicted octanol–water partition coefficient (Wildman–Crippen LogP) is 3.17. The summed E-state index contributed by atoms with van der Waals surface area (Å²) < 4.78 is 31.1. The second kappa shape index (κ2) is 6.77. The standard InChI is InChI=1S/C22H21FN2O4/c1-27-19-4-3-12(5-21(19)28-2)16-9-17-18(23)7-14(8-20(17)29-22(16)26)25-11-13-6-15(25)10-24-13/h3-5,7-9,13,15,24H,6,10-11H2,1-2H3. The van der Waals surface area contributed by atoms with Gasteiger partial charge in [0, 0.05) is 36.9 Å². The van der Waals surface area contributed by atoms with Gasteiger partial charge in [0.2, 0.25) is 0 Å². The van der Waals surface area contributed by atoms with Crippen LogP contribution >= 0.6 is 0 Å². The zero-order chi connectivity index (χ0) is 20.1. The number of rotatable bonds is 4. The van der Waals surface area contributed by atoms with Crippen LogP contribution in [-0.2, 0) is 0 Å². The molecule has 7 heteroatoms. The van der Waals surface area contributed by atoms with Crippen LogP contribution in [0.25, 0.3) is 22.1 Å². The van der Waals surface area contributed by atoms with Crippen LogP contribution in [0.4, 0.5) is 10.1 Å². The van der Waals surface area contributed by atoms with Gasteiger partial charge in [-0.25, -0.2) is 9.18 Å². The molecule has 1 N–H and O–H groups in total. The SMILES string of the molecule is COc1ccc(-c2cc3c(F)cc(N4CC5CC4CN5)cc3oc2=O)cc1OC. The third-order valence-corrected chi connectivity index (χ3v) is 5.87. The summed E-state index contributed by atoms with van der Waals surface area (Å²) in [5.41, 5.74) is 1.33. The van der Waals surface area contributed by atoms with Crippen LogP contribution in [0.5, 0.6) is 11.5 Å². The van der Waals surface area contributed by atoms with E-state index in [1.165, 1.54) is 20.3 Å². The van der Waals surface area contributed by atoms with E-state index in [0.717, 1.165) is 25.2 Å². The van der Waals surface area contributed by atoms with Crippen LogP contribution in [0, 0.1) is 5.82 Å². The monoisotopic (exact) mass is 396 g/mol. The average Bonchev–Trinajstić information content (AvgIpc) is 3.36. The summed E-state index contributed by atoms with van der Waals surface area (Å²) >= 11 is 0. The zero-order valence-electron chi connectivity index (χ0n) is 16.2. The molecule has 5 rings (SSSR count). The van der Waals surface area contributed by atoms with Gasteiger partial charge in [-0.15, -0.1) is 0 Å². The van der Waals surface area contributed by atoms with Crippen LogP contribution in [-0.4, -0.2) is 39.4 Å². The third-order valence-electron chi connectivity index (χ3n) is 5.87. The summed E-state index contributed by atoms with van der Waals surface area (Å²) in [5.74, 6) is 0.628. The molecule has 2 bridgehead atoms. The predicted molar refractivity (Wildman–Crippen MR) is 109 cm³/mol. The highest BCUT2D eigenvalue weighted by Gasteiger charge is 2.37. The van der Waals surface area contributed by atoms with Crippen molar-refractivity contribution in [1.82, 2.24) is 5.32 Å². The number of piperazine rings is 1. The van der Waals surface area contributed by atoms with Gasteiger partial charge in [0.1, 0.15) is 11.4 Å². The lowest BCUT2D eigenvalue weighted by molar-refractivity contribution is 0.355. The van der Waals surface area contributed by atoms with Crippen molar-refractivity contribution in [3.05, 3.63) is 52.6 Å². The number of fused-ring (bicyclic) bond motifs is 3. The van der Waals surface area contributed by atoms with E-state index in [4.69, 9.17) is 13.9 Å². The number of ether oxygens (including phenoxy) is 2. The highest BCUT2D eigenvalue weighted by molar-refractivity contribution is 5.85. The number of nitrogens with zero attached hydrogens (tertiary/aromatic N) is 1. The van der Waals surface area contributed by atoms with Gasteiger partial charge in [-0.05, 0) is 36.2 Å². The minimum absolute atomic E-state index is 0.255. The van der Waals surface area contributed by atoms with Crippen LogP contribution in [0.15, 0.2) is 45.6 Å². The van der Waals surface area contributed by atoms with E-state index >= 15 is 0 Å². The van der Waals surface area contributed by atoms with Crippen molar-refractivity contribution in [2.45, 2.75) is 18.5 Å². The Morgan fingerprint density at radius 3 is 2.66 bits per heavy atom. The molecule has 29 heavy (non-hydrogen) atoms. The molecule has 150 valence electrons. The first-order valence-corrected chi connectivity index (χ1v) is 9.57. The molecule has 0 radical (unpaired) electrons. The van der Waals surface area contributed by atoms with Gasteiger partial charge >= 0.3 is 5.63 Å². The van der Waals surface area contributed by atoms with Gasteiger partial charge < -0.3 is 24.1 Å². The molecular weight excluding hydrogens is 375 g/mol. The van der Waals surface area contributed by atoms with Gasteiger partial charge in [-0.3, -0.25) is 0 Å². The summed E-state index contributed by atoms with van der Waals surface area (Å²) in [4.78, 5) is 14.9. The first kappa shape index (κ1) is 18.0. The Morgan fingerprint density at radius 2 is 1.97 bits per heavy atom. The number of benzene rings is 2. The highest BCUT2D eigenvalue weighted by Crippen LogP contribution is 2.35. The normalized spacial score (nSPS) is 20.4. The Labute approximate surface area is 166 Å². The Hall–Kier alpha value is -3.06. The summed E-state index contributed by atoms with van der Waals surface area (Å²) in [5, 5.41) is 3.71. The summed E-state index contributed by atoms with van der Waals surface area (Å²) in [6.45, 7) is 1.73. The molecule has 0 amide bonds. The topological polar surface area (TPSA) is 63.9 Å². The number of anilines is 1. The highest BCUT2D eigenvalue weighted by atomic mass is 19.1. The summed E-state index contributed by atoms with van der Waals surface area (Å²) in [6, 6.07) is 10.7. The minimum Gasteiger partial charge on any atom is -0.493 e. The fourth-order valence-electron chi connectivity index (χ4n) is 4.41. The van der Waals surface area contributed by atoms with Crippen LogP contribution in [0.3, 0.4) is 0 Å². The second-order valence-electron chi connectivity index (χ2n) is 7.50. The molecule has 2 atom stereocenters. The molecule has 2 unspecified atom stereocenters. The number of hydrogen-bond acceptors (Lipinski definition) is 6. The van der Waals surface area contributed by atoms with Crippen molar-refractivity contribution in [3.63, 3.8) is 0 Å². The lowest BCUT2D eigenvalue weighted by Gasteiger charge is -2.29. The average molecular weight is 396 g/mol. The van der Waals surface area contributed by atoms with Gasteiger partial charge in [0.15, 0.2) is 11.5 Å². The fraction of sp³-hybridized carbons (Fsp3) is 0.318. The number of nitrogens with one attached hydrogen (secondary N) is 1.